The second-order valence-electron chi connectivity index (χ2n) is 6.53. The molecule has 0 aromatic heterocycles. The van der Waals surface area contributed by atoms with Gasteiger partial charge in [-0.05, 0) is 36.1 Å². The molecule has 2 aromatic rings. The average Bonchev–Trinajstić information content (AvgIpc) is 2.86. The molecule has 0 spiro atoms. The number of hydrogen-bond acceptors (Lipinski definition) is 9. The summed E-state index contributed by atoms with van der Waals surface area (Å²) in [7, 11) is -0.992. The lowest BCUT2D eigenvalue weighted by atomic mass is 10.0. The van der Waals surface area contributed by atoms with Crippen LogP contribution in [0.3, 0.4) is 0 Å². The largest absolute Gasteiger partial charge is 0.481 e. The van der Waals surface area contributed by atoms with Gasteiger partial charge >= 0.3 is 34.3 Å². The number of benzene rings is 2. The lowest BCUT2D eigenvalue weighted by Crippen LogP contribution is -2.08. The van der Waals surface area contributed by atoms with Crippen molar-refractivity contribution in [1.82, 2.24) is 0 Å². The number of aliphatic hydroxyl groups is 1. The Morgan fingerprint density at radius 1 is 0.730 bits per heavy atom. The van der Waals surface area contributed by atoms with Gasteiger partial charge in [0, 0.05) is 20.0 Å². The number of hydrogen-bond donors (Lipinski definition) is 5. The van der Waals surface area contributed by atoms with Gasteiger partial charge < -0.3 is 24.8 Å². The third-order valence-electron chi connectivity index (χ3n) is 4.10. The average molecular weight is 547 g/mol. The Balaban J connectivity index is 0. The topological polar surface area (TPSA) is 222 Å². The smallest absolute Gasteiger partial charge is 0.394 e. The Kier molecular flexibility index (Phi) is 18.5. The van der Waals surface area contributed by atoms with Gasteiger partial charge in [0.2, 0.25) is 0 Å². The summed E-state index contributed by atoms with van der Waals surface area (Å²) in [6.07, 6.45) is 0.921. The van der Waals surface area contributed by atoms with Crippen molar-refractivity contribution in [2.24, 2.45) is 0 Å². The molecule has 0 heterocycles. The Bertz CT molecular complexity index is 1100. The lowest BCUT2D eigenvalue weighted by Gasteiger charge is -2.06. The predicted molar refractivity (Wildman–Crippen MR) is 130 cm³/mol. The number of esters is 2. The fraction of sp³-hybridized carbons (Fsp3) is 0.304. The molecule has 0 fully saturated rings. The molecule has 0 unspecified atom stereocenters. The van der Waals surface area contributed by atoms with Crippen LogP contribution < -0.4 is 0 Å². The summed E-state index contributed by atoms with van der Waals surface area (Å²) in [4.78, 5) is 43.4. The monoisotopic (exact) mass is 546 g/mol. The summed E-state index contributed by atoms with van der Waals surface area (Å²) in [6, 6.07) is 13.5. The molecule has 0 aliphatic rings. The van der Waals surface area contributed by atoms with Crippen LogP contribution in [-0.2, 0) is 42.3 Å². The van der Waals surface area contributed by atoms with Crippen molar-refractivity contribution in [3.8, 4) is 0 Å². The van der Waals surface area contributed by atoms with Crippen molar-refractivity contribution in [3.05, 3.63) is 70.8 Å². The van der Waals surface area contributed by atoms with Crippen LogP contribution in [0.4, 0.5) is 0 Å². The molecule has 0 radical (unpaired) electrons. The van der Waals surface area contributed by atoms with Gasteiger partial charge in [0.25, 0.3) is 0 Å². The molecule has 13 nitrogen and oxygen atoms in total. The molecule has 0 saturated heterocycles. The highest BCUT2D eigenvalue weighted by Gasteiger charge is 2.12. The maximum absolute atomic E-state index is 11.4. The Morgan fingerprint density at radius 3 is 1.54 bits per heavy atom. The number of aliphatic hydroxyl groups excluding tert-OH is 1. The number of carbonyl (C=O) groups is 4. The summed E-state index contributed by atoms with van der Waals surface area (Å²) in [6.45, 7) is 0. The molecule has 0 saturated carbocycles. The summed E-state index contributed by atoms with van der Waals surface area (Å²) in [5.74, 6) is -2.63. The number of aliphatic carboxylic acids is 1. The van der Waals surface area contributed by atoms with Crippen molar-refractivity contribution in [3.63, 3.8) is 0 Å². The molecule has 14 heteroatoms. The third kappa shape index (κ3) is 18.1. The number of carbonyl (C=O) groups excluding carboxylic acids is 2. The number of methoxy groups -OCH3 is 2. The van der Waals surface area contributed by atoms with Crippen LogP contribution in [0.2, 0.25) is 0 Å². The van der Waals surface area contributed by atoms with E-state index < -0.39 is 22.3 Å². The highest BCUT2D eigenvalue weighted by molar-refractivity contribution is 7.79. The summed E-state index contributed by atoms with van der Waals surface area (Å²) in [5, 5.41) is 24.2. The Labute approximate surface area is 213 Å². The first-order valence-corrected chi connectivity index (χ1v) is 11.6. The number of aromatic carboxylic acids is 1. The van der Waals surface area contributed by atoms with Crippen LogP contribution >= 0.6 is 0 Å². The molecule has 0 atom stereocenters. The number of ether oxygens (including phenoxy) is 2. The first-order chi connectivity index (χ1) is 17.3. The van der Waals surface area contributed by atoms with E-state index in [0.717, 1.165) is 12.7 Å². The van der Waals surface area contributed by atoms with E-state index in [1.165, 1.54) is 20.3 Å². The maximum atomic E-state index is 11.4. The second-order valence-corrected chi connectivity index (χ2v) is 7.42. The van der Waals surface area contributed by atoms with E-state index in [9.17, 15) is 19.2 Å². The minimum Gasteiger partial charge on any atom is -0.481 e. The quantitative estimate of drug-likeness (QED) is 0.236. The van der Waals surface area contributed by atoms with Crippen LogP contribution in [0.15, 0.2) is 48.5 Å². The van der Waals surface area contributed by atoms with Gasteiger partial charge in [-0.3, -0.25) is 18.7 Å². The maximum Gasteiger partial charge on any atom is 0.394 e. The molecule has 0 bridgehead atoms. The zero-order valence-electron chi connectivity index (χ0n) is 20.4. The Hall–Kier alpha value is -3.85. The normalized spacial score (nSPS) is 9.57. The van der Waals surface area contributed by atoms with Crippen LogP contribution in [0.5, 0.6) is 0 Å². The van der Waals surface area contributed by atoms with Gasteiger partial charge in [0.05, 0.1) is 25.3 Å². The van der Waals surface area contributed by atoms with Crippen LogP contribution in [0, 0.1) is 0 Å². The fourth-order valence-corrected chi connectivity index (χ4v) is 2.57. The molecule has 0 aliphatic carbocycles. The summed E-state index contributed by atoms with van der Waals surface area (Å²) < 4.78 is 40.8. The van der Waals surface area contributed by atoms with Crippen molar-refractivity contribution in [1.29, 1.82) is 0 Å². The zero-order valence-corrected chi connectivity index (χ0v) is 21.2. The van der Waals surface area contributed by atoms with Gasteiger partial charge in [0.15, 0.2) is 0 Å². The van der Waals surface area contributed by atoms with E-state index in [1.54, 1.807) is 36.4 Å². The molecule has 37 heavy (non-hydrogen) atoms. The van der Waals surface area contributed by atoms with Crippen molar-refractivity contribution in [2.75, 3.05) is 21.3 Å². The van der Waals surface area contributed by atoms with Crippen molar-refractivity contribution in [2.45, 2.75) is 25.7 Å². The standard InChI is InChI=1S/C12H14O4.C10H10O4.CH4O.H2O4S/c1-15-11(13)8-7-9-5-3-4-6-10(9)12(14)16-2;11-9(12)6-5-7-3-1-2-4-8(7)10(13)14;1-2;1-5(2,3)4/h3-6H,7-8H2,1-2H3;1-4H,5-6H2,(H,11,12)(H,13,14);2H,1H3;(H2,1,2,3,4). The first kappa shape index (κ1) is 35.3. The van der Waals surface area contributed by atoms with E-state index in [1.807, 2.05) is 6.07 Å². The van der Waals surface area contributed by atoms with E-state index in [-0.39, 0.29) is 36.8 Å². The van der Waals surface area contributed by atoms with Crippen molar-refractivity contribution >= 4 is 34.3 Å². The number of carboxylic acids is 2. The van der Waals surface area contributed by atoms with E-state index >= 15 is 0 Å². The zero-order chi connectivity index (χ0) is 29.0. The second kappa shape index (κ2) is 19.4. The predicted octanol–water partition coefficient (Wildman–Crippen LogP) is 1.94. The molecule has 2 rings (SSSR count). The van der Waals surface area contributed by atoms with Gasteiger partial charge in [-0.2, -0.15) is 8.42 Å². The van der Waals surface area contributed by atoms with Crippen LogP contribution in [-0.4, -0.2) is 78.0 Å². The third-order valence-corrected chi connectivity index (χ3v) is 4.10. The summed E-state index contributed by atoms with van der Waals surface area (Å²) in [5.41, 5.74) is 2.02. The molecular formula is C23H30O13S. The SMILES string of the molecule is CO.COC(=O)CCc1ccccc1C(=O)OC.O=C(O)CCc1ccccc1C(=O)O.O=S(=O)(O)O. The minimum atomic E-state index is -4.67. The first-order valence-electron chi connectivity index (χ1n) is 10.2. The minimum absolute atomic E-state index is 0.0513. The highest BCUT2D eigenvalue weighted by atomic mass is 32.3. The number of rotatable bonds is 8. The molecular weight excluding hydrogens is 516 g/mol. The molecule has 2 aromatic carbocycles. The molecule has 5 N–H and O–H groups in total. The number of carboxylic acid groups (broad SMARTS) is 2. The lowest BCUT2D eigenvalue weighted by molar-refractivity contribution is -0.140. The van der Waals surface area contributed by atoms with Crippen LogP contribution in [0.1, 0.15) is 44.7 Å². The van der Waals surface area contributed by atoms with E-state index in [0.29, 0.717) is 17.5 Å². The molecule has 0 amide bonds. The van der Waals surface area contributed by atoms with Crippen molar-refractivity contribution < 1.29 is 61.5 Å². The van der Waals surface area contributed by atoms with Gasteiger partial charge in [-0.25, -0.2) is 9.59 Å². The van der Waals surface area contributed by atoms with E-state index in [2.05, 4.69) is 9.47 Å². The summed E-state index contributed by atoms with van der Waals surface area (Å²) >= 11 is 0. The van der Waals surface area contributed by atoms with Gasteiger partial charge in [-0.1, -0.05) is 36.4 Å². The molecule has 0 aliphatic heterocycles. The highest BCUT2D eigenvalue weighted by Crippen LogP contribution is 2.13. The van der Waals surface area contributed by atoms with E-state index in [4.69, 9.17) is 32.8 Å². The van der Waals surface area contributed by atoms with Gasteiger partial charge in [-0.15, -0.1) is 0 Å². The van der Waals surface area contributed by atoms with Gasteiger partial charge in [0.1, 0.15) is 0 Å². The fourth-order valence-electron chi connectivity index (χ4n) is 2.57. The Morgan fingerprint density at radius 2 is 1.14 bits per heavy atom. The number of aryl methyl sites for hydroxylation is 2. The van der Waals surface area contributed by atoms with Crippen LogP contribution in [0.25, 0.3) is 0 Å². The molecule has 206 valence electrons.